The molecule has 0 aliphatic carbocycles. The monoisotopic (exact) mass is 350 g/mol. The second-order valence-electron chi connectivity index (χ2n) is 7.21. The molecule has 1 aliphatic heterocycles. The molecule has 1 N–H and O–H groups in total. The van der Waals surface area contributed by atoms with Gasteiger partial charge in [-0.1, -0.05) is 17.7 Å². The van der Waals surface area contributed by atoms with E-state index in [1.54, 1.807) is 14.2 Å². The van der Waals surface area contributed by atoms with Crippen LogP contribution in [-0.4, -0.2) is 37.7 Å². The SMILES string of the molecule is COc1ccc(CC2c3[nH]c4ccc(C)cc4c3CCN2C)cc1OC. The van der Waals surface area contributed by atoms with Gasteiger partial charge in [-0.25, -0.2) is 0 Å². The van der Waals surface area contributed by atoms with E-state index in [1.165, 1.54) is 33.3 Å². The van der Waals surface area contributed by atoms with Crippen molar-refractivity contribution in [2.24, 2.45) is 0 Å². The summed E-state index contributed by atoms with van der Waals surface area (Å²) < 4.78 is 10.8. The van der Waals surface area contributed by atoms with Crippen LogP contribution in [0.15, 0.2) is 36.4 Å². The predicted molar refractivity (Wildman–Crippen MR) is 105 cm³/mol. The number of likely N-dealkylation sites (N-methyl/N-ethyl adjacent to an activating group) is 1. The van der Waals surface area contributed by atoms with Gasteiger partial charge in [-0.15, -0.1) is 0 Å². The van der Waals surface area contributed by atoms with E-state index in [-0.39, 0.29) is 0 Å². The van der Waals surface area contributed by atoms with Crippen LogP contribution in [0.1, 0.15) is 28.4 Å². The molecule has 0 amide bonds. The summed E-state index contributed by atoms with van der Waals surface area (Å²) in [5, 5.41) is 1.38. The average Bonchev–Trinajstić information content (AvgIpc) is 3.02. The van der Waals surface area contributed by atoms with Crippen LogP contribution < -0.4 is 9.47 Å². The second-order valence-corrected chi connectivity index (χ2v) is 7.21. The van der Waals surface area contributed by atoms with E-state index in [2.05, 4.69) is 54.2 Å². The molecular formula is C22H26N2O2. The van der Waals surface area contributed by atoms with Crippen LogP contribution in [0.25, 0.3) is 10.9 Å². The molecule has 4 heteroatoms. The molecule has 0 radical (unpaired) electrons. The van der Waals surface area contributed by atoms with Gasteiger partial charge in [0.1, 0.15) is 0 Å². The summed E-state index contributed by atoms with van der Waals surface area (Å²) >= 11 is 0. The molecule has 136 valence electrons. The zero-order chi connectivity index (χ0) is 18.3. The van der Waals surface area contributed by atoms with Gasteiger partial charge >= 0.3 is 0 Å². The Kier molecular flexibility index (Phi) is 4.37. The molecule has 26 heavy (non-hydrogen) atoms. The van der Waals surface area contributed by atoms with Crippen molar-refractivity contribution < 1.29 is 9.47 Å². The van der Waals surface area contributed by atoms with Crippen molar-refractivity contribution in [3.63, 3.8) is 0 Å². The molecule has 1 aromatic heterocycles. The molecule has 3 aromatic rings. The number of methoxy groups -OCH3 is 2. The van der Waals surface area contributed by atoms with E-state index in [0.717, 1.165) is 30.9 Å². The summed E-state index contributed by atoms with van der Waals surface area (Å²) in [4.78, 5) is 6.14. The highest BCUT2D eigenvalue weighted by Crippen LogP contribution is 2.37. The van der Waals surface area contributed by atoms with E-state index in [4.69, 9.17) is 9.47 Å². The third kappa shape index (κ3) is 2.84. The molecule has 0 spiro atoms. The van der Waals surface area contributed by atoms with Gasteiger partial charge in [0.2, 0.25) is 0 Å². The highest BCUT2D eigenvalue weighted by atomic mass is 16.5. The van der Waals surface area contributed by atoms with Crippen molar-refractivity contribution in [1.82, 2.24) is 9.88 Å². The van der Waals surface area contributed by atoms with E-state index < -0.39 is 0 Å². The third-order valence-corrected chi connectivity index (χ3v) is 5.55. The molecule has 2 heterocycles. The van der Waals surface area contributed by atoms with E-state index in [9.17, 15) is 0 Å². The van der Waals surface area contributed by atoms with Gasteiger partial charge in [0.05, 0.1) is 20.3 Å². The maximum atomic E-state index is 5.48. The van der Waals surface area contributed by atoms with Gasteiger partial charge in [0.15, 0.2) is 11.5 Å². The average molecular weight is 350 g/mol. The normalized spacial score (nSPS) is 17.3. The molecule has 0 saturated heterocycles. The number of benzene rings is 2. The topological polar surface area (TPSA) is 37.5 Å². The first-order valence-corrected chi connectivity index (χ1v) is 9.13. The van der Waals surface area contributed by atoms with E-state index >= 15 is 0 Å². The minimum Gasteiger partial charge on any atom is -0.493 e. The molecule has 2 aromatic carbocycles. The Balaban J connectivity index is 1.72. The number of ether oxygens (including phenoxy) is 2. The highest BCUT2D eigenvalue weighted by molar-refractivity contribution is 5.85. The number of rotatable bonds is 4. The summed E-state index contributed by atoms with van der Waals surface area (Å²) in [6.07, 6.45) is 2.04. The van der Waals surface area contributed by atoms with Gasteiger partial charge in [-0.3, -0.25) is 4.90 Å². The summed E-state index contributed by atoms with van der Waals surface area (Å²) in [5.74, 6) is 1.56. The summed E-state index contributed by atoms with van der Waals surface area (Å²) in [5.41, 5.74) is 6.64. The minimum absolute atomic E-state index is 0.338. The minimum atomic E-state index is 0.338. The van der Waals surface area contributed by atoms with E-state index in [0.29, 0.717) is 6.04 Å². The highest BCUT2D eigenvalue weighted by Gasteiger charge is 2.28. The fraction of sp³-hybridized carbons (Fsp3) is 0.364. The summed E-state index contributed by atoms with van der Waals surface area (Å²) in [6.45, 7) is 3.24. The fourth-order valence-corrected chi connectivity index (χ4v) is 4.09. The van der Waals surface area contributed by atoms with Crippen LogP contribution in [-0.2, 0) is 12.8 Å². The van der Waals surface area contributed by atoms with Crippen molar-refractivity contribution in [3.05, 3.63) is 58.8 Å². The fourth-order valence-electron chi connectivity index (χ4n) is 4.09. The van der Waals surface area contributed by atoms with Crippen LogP contribution in [0.4, 0.5) is 0 Å². The van der Waals surface area contributed by atoms with Crippen molar-refractivity contribution in [2.75, 3.05) is 27.8 Å². The van der Waals surface area contributed by atoms with Crippen molar-refractivity contribution in [3.8, 4) is 11.5 Å². The lowest BCUT2D eigenvalue weighted by Crippen LogP contribution is -2.33. The number of aryl methyl sites for hydroxylation is 1. The van der Waals surface area contributed by atoms with Gasteiger partial charge in [-0.05, 0) is 62.2 Å². The molecule has 1 atom stereocenters. The first kappa shape index (κ1) is 17.0. The quantitative estimate of drug-likeness (QED) is 0.764. The zero-order valence-electron chi connectivity index (χ0n) is 15.9. The molecule has 1 aliphatic rings. The molecule has 1 unspecified atom stereocenters. The zero-order valence-corrected chi connectivity index (χ0v) is 15.9. The van der Waals surface area contributed by atoms with Gasteiger partial charge in [-0.2, -0.15) is 0 Å². The second kappa shape index (κ2) is 6.69. The Hall–Kier alpha value is -2.46. The molecular weight excluding hydrogens is 324 g/mol. The van der Waals surface area contributed by atoms with Gasteiger partial charge < -0.3 is 14.5 Å². The number of fused-ring (bicyclic) bond motifs is 3. The lowest BCUT2D eigenvalue weighted by atomic mass is 9.93. The lowest BCUT2D eigenvalue weighted by Gasteiger charge is -2.33. The molecule has 4 nitrogen and oxygen atoms in total. The Morgan fingerprint density at radius 2 is 1.88 bits per heavy atom. The molecule has 4 rings (SSSR count). The Morgan fingerprint density at radius 1 is 1.08 bits per heavy atom. The summed E-state index contributed by atoms with van der Waals surface area (Å²) in [6, 6.07) is 13.2. The first-order valence-electron chi connectivity index (χ1n) is 9.13. The maximum Gasteiger partial charge on any atom is 0.160 e. The Bertz CT molecular complexity index is 945. The smallest absolute Gasteiger partial charge is 0.160 e. The van der Waals surface area contributed by atoms with E-state index in [1.807, 2.05) is 6.07 Å². The first-order chi connectivity index (χ1) is 12.6. The van der Waals surface area contributed by atoms with Gasteiger partial charge in [0, 0.05) is 23.1 Å². The number of aromatic nitrogens is 1. The lowest BCUT2D eigenvalue weighted by molar-refractivity contribution is 0.226. The van der Waals surface area contributed by atoms with Crippen LogP contribution in [0.5, 0.6) is 11.5 Å². The van der Waals surface area contributed by atoms with Crippen LogP contribution in [0.3, 0.4) is 0 Å². The summed E-state index contributed by atoms with van der Waals surface area (Å²) in [7, 11) is 5.57. The number of H-pyrrole nitrogens is 1. The van der Waals surface area contributed by atoms with Crippen LogP contribution in [0.2, 0.25) is 0 Å². The number of nitrogens with zero attached hydrogens (tertiary/aromatic N) is 1. The largest absolute Gasteiger partial charge is 0.493 e. The number of nitrogens with one attached hydrogen (secondary N) is 1. The number of hydrogen-bond acceptors (Lipinski definition) is 3. The molecule has 0 bridgehead atoms. The molecule has 0 saturated carbocycles. The Morgan fingerprint density at radius 3 is 2.65 bits per heavy atom. The van der Waals surface area contributed by atoms with Crippen LogP contribution in [0, 0.1) is 6.92 Å². The standard InChI is InChI=1S/C22H26N2O2/c1-14-5-7-18-17(11-14)16-9-10-24(2)19(22(16)23-18)12-15-6-8-20(25-3)21(13-15)26-4/h5-8,11,13,19,23H,9-10,12H2,1-4H3. The van der Waals surface area contributed by atoms with Gasteiger partial charge in [0.25, 0.3) is 0 Å². The number of aromatic amines is 1. The number of hydrogen-bond donors (Lipinski definition) is 1. The third-order valence-electron chi connectivity index (χ3n) is 5.55. The Labute approximate surface area is 154 Å². The predicted octanol–water partition coefficient (Wildman–Crippen LogP) is 4.27. The maximum absolute atomic E-state index is 5.48. The van der Waals surface area contributed by atoms with Crippen molar-refractivity contribution in [2.45, 2.75) is 25.8 Å². The van der Waals surface area contributed by atoms with Crippen molar-refractivity contribution in [1.29, 1.82) is 0 Å². The van der Waals surface area contributed by atoms with Crippen LogP contribution >= 0.6 is 0 Å². The van der Waals surface area contributed by atoms with Crippen molar-refractivity contribution >= 4 is 10.9 Å². The molecule has 0 fully saturated rings.